The van der Waals surface area contributed by atoms with E-state index >= 15 is 0 Å². The highest BCUT2D eigenvalue weighted by atomic mass is 19.1. The lowest BCUT2D eigenvalue weighted by Crippen LogP contribution is -2.06. The van der Waals surface area contributed by atoms with E-state index in [2.05, 4.69) is 4.98 Å². The Kier molecular flexibility index (Phi) is 3.37. The van der Waals surface area contributed by atoms with Gasteiger partial charge in [0, 0.05) is 24.2 Å². The number of hydrogen-bond acceptors (Lipinski definition) is 2. The molecule has 0 atom stereocenters. The van der Waals surface area contributed by atoms with Gasteiger partial charge in [-0.25, -0.2) is 9.37 Å². The molecule has 0 N–H and O–H groups in total. The van der Waals surface area contributed by atoms with Crippen molar-refractivity contribution in [3.63, 3.8) is 0 Å². The average Bonchev–Trinajstić information content (AvgIpc) is 2.86. The topological polar surface area (TPSA) is 26.5 Å². The van der Waals surface area contributed by atoms with Gasteiger partial charge in [0.2, 0.25) is 0 Å². The molecular weight excluding hydrogens is 267 g/mol. The van der Waals surface area contributed by atoms with Gasteiger partial charge in [-0.2, -0.15) is 0 Å². The first-order chi connectivity index (χ1) is 10.0. The first-order valence-electron chi connectivity index (χ1n) is 6.94. The molecule has 0 aliphatic rings. The van der Waals surface area contributed by atoms with Crippen molar-refractivity contribution < 1.29 is 9.13 Å². The van der Waals surface area contributed by atoms with Gasteiger partial charge >= 0.3 is 0 Å². The minimum Gasteiger partial charge on any atom is -0.488 e. The number of hydrogen-bond donors (Lipinski definition) is 0. The van der Waals surface area contributed by atoms with E-state index in [0.29, 0.717) is 0 Å². The van der Waals surface area contributed by atoms with Crippen LogP contribution >= 0.6 is 0 Å². The van der Waals surface area contributed by atoms with Gasteiger partial charge in [-0.1, -0.05) is 6.07 Å². The van der Waals surface area contributed by atoms with Crippen LogP contribution in [0.2, 0.25) is 0 Å². The maximum Gasteiger partial charge on any atom is 0.165 e. The van der Waals surface area contributed by atoms with Crippen LogP contribution < -0.4 is 4.74 Å². The Morgan fingerprint density at radius 2 is 2.05 bits per heavy atom. The smallest absolute Gasteiger partial charge is 0.165 e. The molecule has 2 aromatic heterocycles. The van der Waals surface area contributed by atoms with Gasteiger partial charge in [-0.15, -0.1) is 0 Å². The number of fused-ring (bicyclic) bond motifs is 1. The highest BCUT2D eigenvalue weighted by Crippen LogP contribution is 2.28. The third-order valence-electron chi connectivity index (χ3n) is 3.34. The molecule has 2 heterocycles. The second-order valence-electron chi connectivity index (χ2n) is 5.37. The van der Waals surface area contributed by atoms with Crippen LogP contribution in [0.3, 0.4) is 0 Å². The van der Waals surface area contributed by atoms with Crippen molar-refractivity contribution in [3.8, 4) is 16.9 Å². The number of benzene rings is 1. The quantitative estimate of drug-likeness (QED) is 0.719. The van der Waals surface area contributed by atoms with Gasteiger partial charge in [0.25, 0.3) is 0 Å². The number of aryl methyl sites for hydroxylation is 1. The maximum absolute atomic E-state index is 14.1. The number of aromatic nitrogens is 2. The van der Waals surface area contributed by atoms with E-state index in [4.69, 9.17) is 4.74 Å². The molecule has 0 aliphatic heterocycles. The van der Waals surface area contributed by atoms with Crippen LogP contribution in [0.1, 0.15) is 19.4 Å². The van der Waals surface area contributed by atoms with E-state index in [-0.39, 0.29) is 17.7 Å². The van der Waals surface area contributed by atoms with Crippen LogP contribution in [0, 0.1) is 12.7 Å². The van der Waals surface area contributed by atoms with E-state index in [1.165, 1.54) is 6.07 Å². The highest BCUT2D eigenvalue weighted by molar-refractivity contribution is 5.69. The largest absolute Gasteiger partial charge is 0.488 e. The molecule has 4 heteroatoms. The Labute approximate surface area is 123 Å². The van der Waals surface area contributed by atoms with Crippen molar-refractivity contribution in [2.24, 2.45) is 0 Å². The van der Waals surface area contributed by atoms with Gasteiger partial charge in [0.1, 0.15) is 5.65 Å². The summed E-state index contributed by atoms with van der Waals surface area (Å²) in [6.45, 7) is 5.76. The third-order valence-corrected chi connectivity index (χ3v) is 3.34. The number of imidazole rings is 1. The Hall–Kier alpha value is -2.36. The van der Waals surface area contributed by atoms with Gasteiger partial charge in [-0.3, -0.25) is 0 Å². The van der Waals surface area contributed by atoms with Crippen LogP contribution in [-0.4, -0.2) is 15.5 Å². The summed E-state index contributed by atoms with van der Waals surface area (Å²) >= 11 is 0. The molecule has 3 nitrogen and oxygen atoms in total. The lowest BCUT2D eigenvalue weighted by molar-refractivity contribution is 0.231. The van der Waals surface area contributed by atoms with Crippen LogP contribution in [0.25, 0.3) is 16.8 Å². The van der Waals surface area contributed by atoms with Crippen molar-refractivity contribution in [2.75, 3.05) is 0 Å². The summed E-state index contributed by atoms with van der Waals surface area (Å²) in [6.07, 6.45) is 5.55. The fourth-order valence-electron chi connectivity index (χ4n) is 2.38. The molecule has 0 unspecified atom stereocenters. The molecule has 0 saturated heterocycles. The number of halogens is 1. The zero-order valence-electron chi connectivity index (χ0n) is 12.3. The summed E-state index contributed by atoms with van der Waals surface area (Å²) in [6, 6.07) is 7.07. The van der Waals surface area contributed by atoms with Crippen molar-refractivity contribution in [2.45, 2.75) is 26.9 Å². The Balaban J connectivity index is 2.05. The van der Waals surface area contributed by atoms with E-state index in [9.17, 15) is 4.39 Å². The van der Waals surface area contributed by atoms with Crippen molar-refractivity contribution >= 4 is 5.65 Å². The molecule has 0 aliphatic carbocycles. The maximum atomic E-state index is 14.1. The minimum atomic E-state index is -0.341. The van der Waals surface area contributed by atoms with Crippen LogP contribution in [-0.2, 0) is 0 Å². The fourth-order valence-corrected chi connectivity index (χ4v) is 2.38. The SMILES string of the molecule is Cc1cc2nccn2cc1-c1ccc(OC(C)C)c(F)c1. The summed E-state index contributed by atoms with van der Waals surface area (Å²) in [5.41, 5.74) is 3.76. The Morgan fingerprint density at radius 1 is 1.24 bits per heavy atom. The Morgan fingerprint density at radius 3 is 2.76 bits per heavy atom. The van der Waals surface area contributed by atoms with E-state index in [1.54, 1.807) is 12.3 Å². The van der Waals surface area contributed by atoms with Gasteiger partial charge in [-0.05, 0) is 50.1 Å². The molecule has 1 aromatic carbocycles. The number of nitrogens with zero attached hydrogens (tertiary/aromatic N) is 2. The molecular formula is C17H17FN2O. The van der Waals surface area contributed by atoms with E-state index < -0.39 is 0 Å². The molecule has 0 saturated carbocycles. The molecule has 0 radical (unpaired) electrons. The third kappa shape index (κ3) is 2.61. The molecule has 0 bridgehead atoms. The normalized spacial score (nSPS) is 11.3. The van der Waals surface area contributed by atoms with E-state index in [1.807, 2.05) is 49.7 Å². The first-order valence-corrected chi connectivity index (χ1v) is 6.94. The summed E-state index contributed by atoms with van der Waals surface area (Å²) in [4.78, 5) is 4.25. The predicted octanol–water partition coefficient (Wildman–Crippen LogP) is 4.24. The number of rotatable bonds is 3. The average molecular weight is 284 g/mol. The van der Waals surface area contributed by atoms with Crippen LogP contribution in [0.5, 0.6) is 5.75 Å². The van der Waals surface area contributed by atoms with Crippen molar-refractivity contribution in [3.05, 3.63) is 54.2 Å². The van der Waals surface area contributed by atoms with Crippen molar-refractivity contribution in [1.29, 1.82) is 0 Å². The first kappa shape index (κ1) is 13.6. The molecule has 3 rings (SSSR count). The zero-order chi connectivity index (χ0) is 15.0. The highest BCUT2D eigenvalue weighted by Gasteiger charge is 2.10. The molecule has 3 aromatic rings. The van der Waals surface area contributed by atoms with Gasteiger partial charge in [0.05, 0.1) is 6.10 Å². The standard InChI is InChI=1S/C17H17FN2O/c1-11(2)21-16-5-4-13(9-15(16)18)14-10-20-7-6-19-17(20)8-12(14)3/h4-11H,1-3H3. The second kappa shape index (κ2) is 5.20. The Bertz CT molecular complexity index is 793. The van der Waals surface area contributed by atoms with Gasteiger partial charge < -0.3 is 9.14 Å². The van der Waals surface area contributed by atoms with E-state index in [0.717, 1.165) is 22.3 Å². The minimum absolute atomic E-state index is 0.0469. The zero-order valence-corrected chi connectivity index (χ0v) is 12.3. The molecule has 0 amide bonds. The summed E-state index contributed by atoms with van der Waals surface area (Å²) in [5.74, 6) is -0.0542. The summed E-state index contributed by atoms with van der Waals surface area (Å²) in [5, 5.41) is 0. The lowest BCUT2D eigenvalue weighted by atomic mass is 10.0. The summed E-state index contributed by atoms with van der Waals surface area (Å²) in [7, 11) is 0. The number of pyridine rings is 1. The number of ether oxygens (including phenoxy) is 1. The molecule has 21 heavy (non-hydrogen) atoms. The molecule has 0 spiro atoms. The lowest BCUT2D eigenvalue weighted by Gasteiger charge is -2.12. The predicted molar refractivity (Wildman–Crippen MR) is 81.1 cm³/mol. The van der Waals surface area contributed by atoms with Gasteiger partial charge in [0.15, 0.2) is 11.6 Å². The monoisotopic (exact) mass is 284 g/mol. The fraction of sp³-hybridized carbons (Fsp3) is 0.235. The second-order valence-corrected chi connectivity index (χ2v) is 5.37. The summed E-state index contributed by atoms with van der Waals surface area (Å²) < 4.78 is 21.5. The van der Waals surface area contributed by atoms with Crippen molar-refractivity contribution in [1.82, 2.24) is 9.38 Å². The van der Waals surface area contributed by atoms with Crippen LogP contribution in [0.15, 0.2) is 42.9 Å². The van der Waals surface area contributed by atoms with Crippen LogP contribution in [0.4, 0.5) is 4.39 Å². The molecule has 0 fully saturated rings. The molecule has 108 valence electrons.